The van der Waals surface area contributed by atoms with Crippen LogP contribution in [0, 0.1) is 0 Å². The molecule has 1 saturated heterocycles. The van der Waals surface area contributed by atoms with Crippen LogP contribution in [-0.4, -0.2) is 42.7 Å². The lowest BCUT2D eigenvalue weighted by atomic mass is 10.3. The molecule has 2 aromatic carbocycles. The third-order valence-electron chi connectivity index (χ3n) is 3.79. The van der Waals surface area contributed by atoms with Crippen molar-refractivity contribution in [1.29, 1.82) is 0 Å². The fourth-order valence-electron chi connectivity index (χ4n) is 2.63. The molecule has 0 aromatic heterocycles. The third-order valence-corrected chi connectivity index (χ3v) is 3.79. The number of hydrogen-bond donors (Lipinski definition) is 2. The van der Waals surface area contributed by atoms with Gasteiger partial charge in [0.05, 0.1) is 0 Å². The van der Waals surface area contributed by atoms with E-state index in [0.717, 1.165) is 30.3 Å². The lowest BCUT2D eigenvalue weighted by molar-refractivity contribution is -0.122. The van der Waals surface area contributed by atoms with Crippen LogP contribution in [0.3, 0.4) is 0 Å². The van der Waals surface area contributed by atoms with Crippen LogP contribution in [0.15, 0.2) is 54.6 Å². The third kappa shape index (κ3) is 6.30. The first kappa shape index (κ1) is 17.8. The van der Waals surface area contributed by atoms with E-state index in [9.17, 15) is 0 Å². The summed E-state index contributed by atoms with van der Waals surface area (Å²) in [5, 5.41) is 10.4. The molecule has 0 aliphatic carbocycles. The second-order valence-electron chi connectivity index (χ2n) is 5.52. The molecule has 0 atom stereocenters. The van der Waals surface area contributed by atoms with Crippen LogP contribution in [0.2, 0.25) is 0 Å². The molecule has 1 aliphatic rings. The molecule has 3 rings (SSSR count). The Morgan fingerprint density at radius 2 is 1.58 bits per heavy atom. The molecule has 5 nitrogen and oxygen atoms in total. The fraction of sp³-hybridized carbons (Fsp3) is 0.316. The molecule has 24 heavy (non-hydrogen) atoms. The van der Waals surface area contributed by atoms with E-state index in [1.54, 1.807) is 0 Å². The smallest absolute Gasteiger partial charge is 0.290 e. The van der Waals surface area contributed by atoms with E-state index in [-0.39, 0.29) is 6.47 Å². The van der Waals surface area contributed by atoms with Crippen molar-refractivity contribution in [2.45, 2.75) is 12.8 Å². The van der Waals surface area contributed by atoms with E-state index < -0.39 is 0 Å². The van der Waals surface area contributed by atoms with Crippen molar-refractivity contribution in [3.63, 3.8) is 0 Å². The second-order valence-corrected chi connectivity index (χ2v) is 5.52. The van der Waals surface area contributed by atoms with Crippen LogP contribution >= 0.6 is 0 Å². The van der Waals surface area contributed by atoms with Gasteiger partial charge in [-0.15, -0.1) is 0 Å². The summed E-state index contributed by atoms with van der Waals surface area (Å²) < 4.78 is 5.78. The normalized spacial score (nSPS) is 13.7. The standard InChI is InChI=1S/C18H22N2O.CH2O2/c1-2-6-17(7-3-1)21-18-10-8-16(9-11-18)19-12-15-20-13-4-5-14-20;2-1-3/h1-3,6-11,19H,4-5,12-15H2;1H,(H,2,3). The van der Waals surface area contributed by atoms with E-state index in [1.807, 2.05) is 42.5 Å². The highest BCUT2D eigenvalue weighted by atomic mass is 16.5. The summed E-state index contributed by atoms with van der Waals surface area (Å²) >= 11 is 0. The van der Waals surface area contributed by atoms with Gasteiger partial charge in [-0.25, -0.2) is 0 Å². The largest absolute Gasteiger partial charge is 0.483 e. The van der Waals surface area contributed by atoms with Crippen LogP contribution in [0.1, 0.15) is 12.8 Å². The number of nitrogens with one attached hydrogen (secondary N) is 1. The van der Waals surface area contributed by atoms with Gasteiger partial charge in [0, 0.05) is 18.8 Å². The molecule has 0 spiro atoms. The maximum Gasteiger partial charge on any atom is 0.290 e. The quantitative estimate of drug-likeness (QED) is 0.792. The van der Waals surface area contributed by atoms with Crippen molar-refractivity contribution in [1.82, 2.24) is 4.90 Å². The maximum absolute atomic E-state index is 8.36. The molecular weight excluding hydrogens is 304 g/mol. The number of ether oxygens (including phenoxy) is 1. The molecule has 2 aromatic rings. The van der Waals surface area contributed by atoms with Crippen molar-refractivity contribution >= 4 is 12.2 Å². The van der Waals surface area contributed by atoms with Crippen molar-refractivity contribution in [2.24, 2.45) is 0 Å². The summed E-state index contributed by atoms with van der Waals surface area (Å²) in [6.07, 6.45) is 2.71. The number of rotatable bonds is 6. The Morgan fingerprint density at radius 3 is 2.21 bits per heavy atom. The number of carboxylic acid groups (broad SMARTS) is 1. The molecule has 1 heterocycles. The number of para-hydroxylation sites is 1. The van der Waals surface area contributed by atoms with Gasteiger partial charge in [0.2, 0.25) is 0 Å². The minimum Gasteiger partial charge on any atom is -0.483 e. The molecule has 1 aliphatic heterocycles. The van der Waals surface area contributed by atoms with Gasteiger partial charge in [-0.3, -0.25) is 4.79 Å². The van der Waals surface area contributed by atoms with Gasteiger partial charge in [-0.05, 0) is 62.3 Å². The average Bonchev–Trinajstić information content (AvgIpc) is 3.12. The zero-order valence-corrected chi connectivity index (χ0v) is 13.7. The predicted octanol–water partition coefficient (Wildman–Crippen LogP) is 3.69. The van der Waals surface area contributed by atoms with Crippen LogP contribution in [0.25, 0.3) is 0 Å². The molecule has 0 unspecified atom stereocenters. The van der Waals surface area contributed by atoms with E-state index in [0.29, 0.717) is 0 Å². The number of likely N-dealkylation sites (tertiary alicyclic amines) is 1. The first-order chi connectivity index (χ1) is 11.8. The summed E-state index contributed by atoms with van der Waals surface area (Å²) in [7, 11) is 0. The summed E-state index contributed by atoms with van der Waals surface area (Å²) in [4.78, 5) is 10.9. The molecule has 0 bridgehead atoms. The molecule has 5 heteroatoms. The minimum absolute atomic E-state index is 0.250. The summed E-state index contributed by atoms with van der Waals surface area (Å²) in [5.74, 6) is 1.73. The van der Waals surface area contributed by atoms with Gasteiger partial charge in [-0.2, -0.15) is 0 Å². The Bertz CT molecular complexity index is 581. The van der Waals surface area contributed by atoms with Gasteiger partial charge >= 0.3 is 0 Å². The topological polar surface area (TPSA) is 61.8 Å². The van der Waals surface area contributed by atoms with Crippen LogP contribution in [-0.2, 0) is 4.79 Å². The molecule has 0 radical (unpaired) electrons. The van der Waals surface area contributed by atoms with Crippen molar-refractivity contribution in [2.75, 3.05) is 31.5 Å². The average molecular weight is 328 g/mol. The molecule has 0 saturated carbocycles. The number of hydrogen-bond acceptors (Lipinski definition) is 4. The number of benzene rings is 2. The van der Waals surface area contributed by atoms with Gasteiger partial charge in [0.25, 0.3) is 6.47 Å². The van der Waals surface area contributed by atoms with Crippen molar-refractivity contribution in [3.05, 3.63) is 54.6 Å². The summed E-state index contributed by atoms with van der Waals surface area (Å²) in [5.41, 5.74) is 1.15. The van der Waals surface area contributed by atoms with Crippen LogP contribution < -0.4 is 10.1 Å². The number of carbonyl (C=O) groups is 1. The Labute approximate surface area is 142 Å². The molecule has 2 N–H and O–H groups in total. The predicted molar refractivity (Wildman–Crippen MR) is 95.8 cm³/mol. The monoisotopic (exact) mass is 328 g/mol. The van der Waals surface area contributed by atoms with Crippen LogP contribution in [0.4, 0.5) is 5.69 Å². The minimum atomic E-state index is -0.250. The summed E-state index contributed by atoms with van der Waals surface area (Å²) in [6.45, 7) is 4.39. The second kappa shape index (κ2) is 10.3. The number of nitrogens with zero attached hydrogens (tertiary/aromatic N) is 1. The first-order valence-corrected chi connectivity index (χ1v) is 8.19. The SMILES string of the molecule is O=CO.c1ccc(Oc2ccc(NCCN3CCCC3)cc2)cc1. The fourth-order valence-corrected chi connectivity index (χ4v) is 2.63. The zero-order chi connectivity index (χ0) is 17.0. The van der Waals surface area contributed by atoms with E-state index >= 15 is 0 Å². The highest BCUT2D eigenvalue weighted by molar-refractivity contribution is 5.47. The Balaban J connectivity index is 0.000000647. The van der Waals surface area contributed by atoms with E-state index in [4.69, 9.17) is 14.6 Å². The lowest BCUT2D eigenvalue weighted by Gasteiger charge is -2.15. The number of anilines is 1. The molecule has 128 valence electrons. The van der Waals surface area contributed by atoms with Gasteiger partial charge in [0.1, 0.15) is 11.5 Å². The van der Waals surface area contributed by atoms with Gasteiger partial charge in [-0.1, -0.05) is 18.2 Å². The maximum atomic E-state index is 8.36. The Hall–Kier alpha value is -2.53. The van der Waals surface area contributed by atoms with E-state index in [2.05, 4.69) is 22.3 Å². The van der Waals surface area contributed by atoms with Crippen molar-refractivity contribution < 1.29 is 14.6 Å². The molecular formula is C19H24N2O3. The highest BCUT2D eigenvalue weighted by Crippen LogP contribution is 2.22. The lowest BCUT2D eigenvalue weighted by Crippen LogP contribution is -2.25. The molecule has 1 fully saturated rings. The van der Waals surface area contributed by atoms with Gasteiger partial charge < -0.3 is 20.1 Å². The highest BCUT2D eigenvalue weighted by Gasteiger charge is 2.10. The summed E-state index contributed by atoms with van der Waals surface area (Å²) in [6, 6.07) is 18.0. The Morgan fingerprint density at radius 1 is 1.00 bits per heavy atom. The Kier molecular flexibility index (Phi) is 7.63. The van der Waals surface area contributed by atoms with E-state index in [1.165, 1.54) is 25.9 Å². The first-order valence-electron chi connectivity index (χ1n) is 8.19. The van der Waals surface area contributed by atoms with Crippen LogP contribution in [0.5, 0.6) is 11.5 Å². The van der Waals surface area contributed by atoms with Crippen molar-refractivity contribution in [3.8, 4) is 11.5 Å². The molecule has 0 amide bonds. The van der Waals surface area contributed by atoms with Gasteiger partial charge in [0.15, 0.2) is 0 Å². The zero-order valence-electron chi connectivity index (χ0n) is 13.7.